The Morgan fingerprint density at radius 3 is 2.37 bits per heavy atom. The first-order chi connectivity index (χ1) is 18.7. The number of anilines is 1. The average Bonchev–Trinajstić information content (AvgIpc) is 3.35. The van der Waals surface area contributed by atoms with Crippen LogP contribution in [0.5, 0.6) is 5.75 Å². The number of rotatable bonds is 2. The Labute approximate surface area is 218 Å². The molecule has 0 fully saturated rings. The van der Waals surface area contributed by atoms with Crippen molar-refractivity contribution in [1.29, 1.82) is 0 Å². The summed E-state index contributed by atoms with van der Waals surface area (Å²) in [5.41, 5.74) is 4.57. The van der Waals surface area contributed by atoms with E-state index < -0.39 is 0 Å². The van der Waals surface area contributed by atoms with Crippen LogP contribution in [0.2, 0.25) is 0 Å². The third-order valence-electron chi connectivity index (χ3n) is 7.78. The Kier molecular flexibility index (Phi) is 4.24. The number of carbonyl (C=O) groups excluding carboxylic acids is 2. The molecule has 0 saturated heterocycles. The van der Waals surface area contributed by atoms with Gasteiger partial charge in [0.05, 0.1) is 11.6 Å². The van der Waals surface area contributed by atoms with E-state index in [1.54, 1.807) is 6.07 Å². The van der Waals surface area contributed by atoms with Crippen LogP contribution in [-0.2, 0) is 0 Å². The molecule has 2 heterocycles. The number of benzene rings is 5. The van der Waals surface area contributed by atoms with Gasteiger partial charge >= 0.3 is 0 Å². The molecule has 0 spiro atoms. The highest BCUT2D eigenvalue weighted by Crippen LogP contribution is 2.48. The van der Waals surface area contributed by atoms with Crippen LogP contribution in [0.1, 0.15) is 32.2 Å². The molecule has 4 heteroatoms. The minimum Gasteiger partial charge on any atom is -0.476 e. The number of para-hydroxylation sites is 1. The van der Waals surface area contributed by atoms with Crippen LogP contribution >= 0.6 is 0 Å². The second-order valence-electron chi connectivity index (χ2n) is 9.80. The third-order valence-corrected chi connectivity index (χ3v) is 7.78. The number of carbonyl (C=O) groups is 2. The molecule has 0 bridgehead atoms. The maximum Gasteiger partial charge on any atom is 0.265 e. The topological polar surface area (TPSA) is 46.6 Å². The number of hydrogen-bond acceptors (Lipinski definition) is 3. The van der Waals surface area contributed by atoms with E-state index >= 15 is 0 Å². The molecule has 2 unspecified atom stereocenters. The molecule has 0 N–H and O–H groups in total. The number of ether oxygens (including phenoxy) is 1. The molecule has 0 aromatic heterocycles. The molecule has 178 valence electrons. The molecule has 0 radical (unpaired) electrons. The molecular formula is C34H19NO3. The zero-order valence-corrected chi connectivity index (χ0v) is 20.1. The highest BCUT2D eigenvalue weighted by Gasteiger charge is 2.37. The molecule has 4 nitrogen and oxygen atoms in total. The molecular weight excluding hydrogens is 470 g/mol. The van der Waals surface area contributed by atoms with Gasteiger partial charge in [0, 0.05) is 27.6 Å². The molecule has 2 atom stereocenters. The summed E-state index contributed by atoms with van der Waals surface area (Å²) in [5, 5.41) is 3.57. The number of nitrogens with zero attached hydrogens (tertiary/aromatic N) is 1. The summed E-state index contributed by atoms with van der Waals surface area (Å²) in [7, 11) is 0. The first kappa shape index (κ1) is 21.0. The van der Waals surface area contributed by atoms with Gasteiger partial charge in [0.15, 0.2) is 6.10 Å². The van der Waals surface area contributed by atoms with E-state index in [4.69, 9.17) is 4.74 Å². The maximum atomic E-state index is 13.8. The fourth-order valence-electron chi connectivity index (χ4n) is 6.01. The van der Waals surface area contributed by atoms with E-state index in [1.165, 1.54) is 4.90 Å². The minimum atomic E-state index is -0.318. The van der Waals surface area contributed by atoms with Crippen LogP contribution in [0.15, 0.2) is 103 Å². The number of allylic oxidation sites excluding steroid dienone is 1. The smallest absolute Gasteiger partial charge is 0.265 e. The summed E-state index contributed by atoms with van der Waals surface area (Å²) in [5.74, 6) is 6.46. The molecule has 1 aliphatic carbocycles. The summed E-state index contributed by atoms with van der Waals surface area (Å²) in [6, 6.07) is 29.2. The van der Waals surface area contributed by atoms with Gasteiger partial charge in [-0.3, -0.25) is 9.59 Å². The quantitative estimate of drug-likeness (QED) is 0.201. The predicted molar refractivity (Wildman–Crippen MR) is 149 cm³/mol. The zero-order valence-electron chi connectivity index (χ0n) is 20.1. The van der Waals surface area contributed by atoms with Gasteiger partial charge in [-0.05, 0) is 52.1 Å². The summed E-state index contributed by atoms with van der Waals surface area (Å²) in [6.45, 7) is 0. The Morgan fingerprint density at radius 2 is 1.47 bits per heavy atom. The molecule has 2 aliphatic heterocycles. The Bertz CT molecular complexity index is 1950. The van der Waals surface area contributed by atoms with E-state index in [9.17, 15) is 9.59 Å². The van der Waals surface area contributed by atoms with E-state index in [1.807, 2.05) is 84.9 Å². The van der Waals surface area contributed by atoms with Crippen molar-refractivity contribution in [2.45, 2.75) is 12.0 Å². The summed E-state index contributed by atoms with van der Waals surface area (Å²) in [4.78, 5) is 28.9. The molecule has 8 rings (SSSR count). The number of amides is 2. The summed E-state index contributed by atoms with van der Waals surface area (Å²) in [6.07, 6.45) is 3.77. The second-order valence-corrected chi connectivity index (χ2v) is 9.80. The molecule has 0 saturated carbocycles. The predicted octanol–water partition coefficient (Wildman–Crippen LogP) is 6.88. The highest BCUT2D eigenvalue weighted by atomic mass is 16.5. The van der Waals surface area contributed by atoms with Gasteiger partial charge in [-0.25, -0.2) is 4.90 Å². The largest absolute Gasteiger partial charge is 0.476 e. The normalized spacial score (nSPS) is 18.7. The summed E-state index contributed by atoms with van der Waals surface area (Å²) < 4.78 is 6.33. The lowest BCUT2D eigenvalue weighted by molar-refractivity contribution is 0.0893. The van der Waals surface area contributed by atoms with Crippen LogP contribution in [-0.4, -0.2) is 17.9 Å². The summed E-state index contributed by atoms with van der Waals surface area (Å²) >= 11 is 0. The fraction of sp³-hybridized carbons (Fsp3) is 0.0588. The van der Waals surface area contributed by atoms with Crippen molar-refractivity contribution in [1.82, 2.24) is 0 Å². The van der Waals surface area contributed by atoms with Crippen LogP contribution in [0.4, 0.5) is 5.69 Å². The van der Waals surface area contributed by atoms with Gasteiger partial charge in [-0.15, -0.1) is 0 Å². The lowest BCUT2D eigenvalue weighted by Gasteiger charge is -2.28. The average molecular weight is 490 g/mol. The van der Waals surface area contributed by atoms with E-state index in [-0.39, 0.29) is 23.8 Å². The van der Waals surface area contributed by atoms with Crippen molar-refractivity contribution >= 4 is 39.0 Å². The van der Waals surface area contributed by atoms with Crippen LogP contribution < -0.4 is 9.64 Å². The lowest BCUT2D eigenvalue weighted by atomic mass is 9.87. The zero-order chi connectivity index (χ0) is 25.4. The Morgan fingerprint density at radius 1 is 0.711 bits per heavy atom. The van der Waals surface area contributed by atoms with Crippen LogP contribution in [0.3, 0.4) is 0 Å². The van der Waals surface area contributed by atoms with Crippen LogP contribution in [0.25, 0.3) is 32.7 Å². The Hall–Kier alpha value is -5.14. The monoisotopic (exact) mass is 489 g/mol. The first-order valence-electron chi connectivity index (χ1n) is 12.6. The van der Waals surface area contributed by atoms with Crippen molar-refractivity contribution < 1.29 is 14.3 Å². The van der Waals surface area contributed by atoms with Gasteiger partial charge in [-0.1, -0.05) is 84.6 Å². The molecule has 38 heavy (non-hydrogen) atoms. The van der Waals surface area contributed by atoms with Gasteiger partial charge in [0.1, 0.15) is 5.75 Å². The SMILES string of the molecule is O=C1c2cccc3c(-c4cccc5c4OC4C#CC=CC54)ccc(c23)C(=O)N1c1ccc2ccccc2c1. The van der Waals surface area contributed by atoms with Gasteiger partial charge < -0.3 is 4.74 Å². The van der Waals surface area contributed by atoms with Gasteiger partial charge in [0.25, 0.3) is 11.8 Å². The highest BCUT2D eigenvalue weighted by molar-refractivity contribution is 6.36. The van der Waals surface area contributed by atoms with Crippen molar-refractivity contribution in [2.24, 2.45) is 0 Å². The molecule has 5 aromatic carbocycles. The number of fused-ring (bicyclic) bond motifs is 4. The van der Waals surface area contributed by atoms with Gasteiger partial charge in [-0.2, -0.15) is 0 Å². The first-order valence-corrected chi connectivity index (χ1v) is 12.6. The van der Waals surface area contributed by atoms with Crippen LogP contribution in [0, 0.1) is 11.8 Å². The van der Waals surface area contributed by atoms with Gasteiger partial charge in [0.2, 0.25) is 0 Å². The lowest BCUT2D eigenvalue weighted by Crippen LogP contribution is -2.40. The standard InChI is InChI=1S/C34H19NO3/c36-33-28-13-5-10-25-23(26-11-6-12-27-24-9-3-4-14-30(24)38-32(26)27)17-18-29(31(25)28)34(37)35(33)22-16-15-20-7-1-2-8-21(20)19-22/h1-3,5-13,15-19,24,30H. The van der Waals surface area contributed by atoms with E-state index in [2.05, 4.69) is 24.0 Å². The second kappa shape index (κ2) is 7.68. The minimum absolute atomic E-state index is 0.102. The number of hydrogen-bond donors (Lipinski definition) is 0. The Balaban J connectivity index is 1.29. The van der Waals surface area contributed by atoms with Crippen molar-refractivity contribution in [3.63, 3.8) is 0 Å². The van der Waals surface area contributed by atoms with Crippen molar-refractivity contribution in [2.75, 3.05) is 4.90 Å². The molecule has 2 amide bonds. The third kappa shape index (κ3) is 2.82. The number of imide groups is 1. The maximum absolute atomic E-state index is 13.8. The molecule has 5 aromatic rings. The van der Waals surface area contributed by atoms with E-state index in [0.717, 1.165) is 38.6 Å². The van der Waals surface area contributed by atoms with Crippen molar-refractivity contribution in [3.05, 3.63) is 120 Å². The van der Waals surface area contributed by atoms with Crippen molar-refractivity contribution in [3.8, 4) is 28.7 Å². The van der Waals surface area contributed by atoms with E-state index in [0.29, 0.717) is 22.2 Å². The molecule has 3 aliphatic rings. The fourth-order valence-corrected chi connectivity index (χ4v) is 6.01.